The lowest BCUT2D eigenvalue weighted by Gasteiger charge is -2.34. The molecular weight excluding hydrogens is 464 g/mol. The number of carboxylic acid groups (broad SMARTS) is 1. The van der Waals surface area contributed by atoms with E-state index in [9.17, 15) is 9.90 Å². The van der Waals surface area contributed by atoms with Crippen LogP contribution in [0.25, 0.3) is 0 Å². The molecule has 0 unspecified atom stereocenters. The van der Waals surface area contributed by atoms with Gasteiger partial charge in [0, 0.05) is 29.2 Å². The first kappa shape index (κ1) is 22.6. The molecule has 0 aliphatic heterocycles. The van der Waals surface area contributed by atoms with E-state index in [4.69, 9.17) is 17.0 Å². The van der Waals surface area contributed by atoms with Crippen molar-refractivity contribution < 1.29 is 14.6 Å². The molecule has 0 amide bonds. The zero-order valence-electron chi connectivity index (χ0n) is 17.0. The molecule has 1 aliphatic rings. The normalized spacial score (nSPS) is 18.5. The van der Waals surface area contributed by atoms with Gasteiger partial charge in [0.05, 0.1) is 7.11 Å². The first-order chi connectivity index (χ1) is 14.4. The minimum atomic E-state index is -0.920. The number of anilines is 1. The lowest BCUT2D eigenvalue weighted by atomic mass is 9.82. The van der Waals surface area contributed by atoms with Gasteiger partial charge in [0.1, 0.15) is 5.75 Å². The fourth-order valence-electron chi connectivity index (χ4n) is 3.84. The largest absolute Gasteiger partial charge is 0.550 e. The van der Waals surface area contributed by atoms with Crippen LogP contribution >= 0.6 is 28.1 Å². The van der Waals surface area contributed by atoms with Crippen molar-refractivity contribution in [2.45, 2.75) is 32.2 Å². The number of halogens is 1. The van der Waals surface area contributed by atoms with Gasteiger partial charge >= 0.3 is 0 Å². The number of carbonyl (C=O) groups is 1. The maximum atomic E-state index is 11.1. The Morgan fingerprint density at radius 2 is 1.90 bits per heavy atom. The monoisotopic (exact) mass is 489 g/mol. The van der Waals surface area contributed by atoms with Crippen LogP contribution in [0.5, 0.6) is 5.75 Å². The highest BCUT2D eigenvalue weighted by Gasteiger charge is 2.24. The van der Waals surface area contributed by atoms with Gasteiger partial charge in [-0.05, 0) is 91.7 Å². The van der Waals surface area contributed by atoms with Gasteiger partial charge in [-0.3, -0.25) is 0 Å². The summed E-state index contributed by atoms with van der Waals surface area (Å²) >= 11 is 9.29. The Labute approximate surface area is 191 Å². The molecule has 5 nitrogen and oxygen atoms in total. The summed E-state index contributed by atoms with van der Waals surface area (Å²) < 4.78 is 6.25. The van der Waals surface area contributed by atoms with Crippen LogP contribution in [0.1, 0.15) is 31.2 Å². The van der Waals surface area contributed by atoms with Crippen LogP contribution in [0.3, 0.4) is 0 Å². The standard InChI is InChI=1S/C23H27BrN2O3S/c1-29-21-11-9-20(10-12-21)25-23(30)26(15-17-3-2-4-19(24)13-17)14-16-5-7-18(8-6-16)22(27)28/h2-4,9-13,16,18H,5-8,14-15H2,1H3,(H,25,30)(H,27,28)/p-1. The number of carbonyl (C=O) groups excluding carboxylic acids is 1. The Bertz CT molecular complexity index is 867. The minimum absolute atomic E-state index is 0.316. The molecule has 30 heavy (non-hydrogen) atoms. The van der Waals surface area contributed by atoms with Crippen LogP contribution in [-0.2, 0) is 11.3 Å². The Hall–Kier alpha value is -2.12. The van der Waals surface area contributed by atoms with Crippen molar-refractivity contribution in [3.8, 4) is 5.75 Å². The second-order valence-electron chi connectivity index (χ2n) is 7.71. The number of nitrogens with one attached hydrogen (secondary N) is 1. The maximum Gasteiger partial charge on any atom is 0.173 e. The molecule has 7 heteroatoms. The third kappa shape index (κ3) is 6.44. The summed E-state index contributed by atoms with van der Waals surface area (Å²) in [6, 6.07) is 15.9. The molecule has 0 saturated heterocycles. The van der Waals surface area contributed by atoms with Gasteiger partial charge in [0.25, 0.3) is 0 Å². The predicted octanol–water partition coefficient (Wildman–Crippen LogP) is 4.21. The van der Waals surface area contributed by atoms with E-state index in [1.807, 2.05) is 36.4 Å². The van der Waals surface area contributed by atoms with Gasteiger partial charge in [-0.2, -0.15) is 0 Å². The van der Waals surface area contributed by atoms with Crippen LogP contribution in [0.2, 0.25) is 0 Å². The van der Waals surface area contributed by atoms with Crippen molar-refractivity contribution in [1.82, 2.24) is 4.90 Å². The first-order valence-corrected chi connectivity index (χ1v) is 11.3. The van der Waals surface area contributed by atoms with Crippen molar-refractivity contribution >= 4 is 44.9 Å². The van der Waals surface area contributed by atoms with Gasteiger partial charge < -0.3 is 24.9 Å². The smallest absolute Gasteiger partial charge is 0.173 e. The molecular formula is C23H26BrN2O3S-. The fraction of sp³-hybridized carbons (Fsp3) is 0.391. The molecule has 0 radical (unpaired) electrons. The number of benzene rings is 2. The molecule has 0 bridgehead atoms. The summed E-state index contributed by atoms with van der Waals surface area (Å²) in [4.78, 5) is 13.3. The van der Waals surface area contributed by atoms with E-state index >= 15 is 0 Å². The molecule has 0 aromatic heterocycles. The summed E-state index contributed by atoms with van der Waals surface area (Å²) in [7, 11) is 1.64. The average Bonchev–Trinajstić information content (AvgIpc) is 2.74. The fourth-order valence-corrected chi connectivity index (χ4v) is 4.55. The van der Waals surface area contributed by atoms with E-state index < -0.39 is 5.97 Å². The number of rotatable bonds is 7. The molecule has 1 fully saturated rings. The molecule has 1 aliphatic carbocycles. The molecule has 2 aromatic rings. The minimum Gasteiger partial charge on any atom is -0.550 e. The number of ether oxygens (including phenoxy) is 1. The predicted molar refractivity (Wildman–Crippen MR) is 124 cm³/mol. The molecule has 0 spiro atoms. The van der Waals surface area contributed by atoms with E-state index in [0.29, 0.717) is 30.4 Å². The zero-order chi connectivity index (χ0) is 21.5. The van der Waals surface area contributed by atoms with Crippen molar-refractivity contribution in [3.05, 3.63) is 58.6 Å². The molecule has 3 rings (SSSR count). The number of thiocarbonyl (C=S) groups is 1. The lowest BCUT2D eigenvalue weighted by Crippen LogP contribution is -2.40. The zero-order valence-corrected chi connectivity index (χ0v) is 19.4. The third-order valence-corrected chi connectivity index (χ3v) is 6.40. The Morgan fingerprint density at radius 3 is 2.50 bits per heavy atom. The number of hydrogen-bond acceptors (Lipinski definition) is 4. The van der Waals surface area contributed by atoms with Gasteiger partial charge in [-0.1, -0.05) is 28.1 Å². The Kier molecular flexibility index (Phi) is 8.10. The van der Waals surface area contributed by atoms with Gasteiger partial charge in [0.15, 0.2) is 5.11 Å². The highest BCUT2D eigenvalue weighted by atomic mass is 79.9. The quantitative estimate of drug-likeness (QED) is 0.587. The summed E-state index contributed by atoms with van der Waals surface area (Å²) in [6.45, 7) is 1.47. The van der Waals surface area contributed by atoms with Gasteiger partial charge in [-0.15, -0.1) is 0 Å². The molecule has 2 aromatic carbocycles. The van der Waals surface area contributed by atoms with Crippen molar-refractivity contribution in [3.63, 3.8) is 0 Å². The SMILES string of the molecule is COc1ccc(NC(=S)N(Cc2cccc(Br)c2)CC2CCC(C(=O)[O-])CC2)cc1. The van der Waals surface area contributed by atoms with Crippen molar-refractivity contribution in [1.29, 1.82) is 0 Å². The summed E-state index contributed by atoms with van der Waals surface area (Å²) in [6.07, 6.45) is 3.10. The molecule has 160 valence electrons. The van der Waals surface area contributed by atoms with Crippen LogP contribution in [0.15, 0.2) is 53.0 Å². The number of carboxylic acids is 1. The van der Waals surface area contributed by atoms with Crippen molar-refractivity contribution in [2.75, 3.05) is 19.0 Å². The average molecular weight is 490 g/mol. The van der Waals surface area contributed by atoms with Gasteiger partial charge in [-0.25, -0.2) is 0 Å². The molecule has 1 saturated carbocycles. The van der Waals surface area contributed by atoms with E-state index in [0.717, 1.165) is 40.9 Å². The summed E-state index contributed by atoms with van der Waals surface area (Å²) in [5.41, 5.74) is 2.06. The van der Waals surface area contributed by atoms with Crippen molar-refractivity contribution in [2.24, 2.45) is 11.8 Å². The number of nitrogens with zero attached hydrogens (tertiary/aromatic N) is 1. The topological polar surface area (TPSA) is 64.6 Å². The van der Waals surface area contributed by atoms with E-state index in [1.54, 1.807) is 7.11 Å². The van der Waals surface area contributed by atoms with Crippen LogP contribution in [0.4, 0.5) is 5.69 Å². The Balaban J connectivity index is 1.69. The second-order valence-corrected chi connectivity index (χ2v) is 9.01. The summed E-state index contributed by atoms with van der Waals surface area (Å²) in [5, 5.41) is 15.1. The highest BCUT2D eigenvalue weighted by molar-refractivity contribution is 9.10. The molecule has 0 heterocycles. The van der Waals surface area contributed by atoms with E-state index in [1.165, 1.54) is 0 Å². The second kappa shape index (κ2) is 10.8. The maximum absolute atomic E-state index is 11.1. The van der Waals surface area contributed by atoms with E-state index in [2.05, 4.69) is 38.3 Å². The summed E-state index contributed by atoms with van der Waals surface area (Å²) in [5.74, 6) is -0.0363. The number of hydrogen-bond donors (Lipinski definition) is 1. The molecule has 1 N–H and O–H groups in total. The third-order valence-electron chi connectivity index (χ3n) is 5.55. The molecule has 0 atom stereocenters. The van der Waals surface area contributed by atoms with Crippen LogP contribution in [-0.4, -0.2) is 29.6 Å². The first-order valence-electron chi connectivity index (χ1n) is 10.1. The number of methoxy groups -OCH3 is 1. The lowest BCUT2D eigenvalue weighted by molar-refractivity contribution is -0.312. The highest BCUT2D eigenvalue weighted by Crippen LogP contribution is 2.30. The van der Waals surface area contributed by atoms with Crippen LogP contribution < -0.4 is 15.2 Å². The van der Waals surface area contributed by atoms with E-state index in [-0.39, 0.29) is 5.92 Å². The Morgan fingerprint density at radius 1 is 1.20 bits per heavy atom. The number of aliphatic carboxylic acids is 1. The van der Waals surface area contributed by atoms with Gasteiger partial charge in [0.2, 0.25) is 0 Å². The van der Waals surface area contributed by atoms with Crippen LogP contribution in [0, 0.1) is 11.8 Å².